The van der Waals surface area contributed by atoms with E-state index in [4.69, 9.17) is 9.47 Å². The van der Waals surface area contributed by atoms with Crippen LogP contribution in [0, 0.1) is 17.0 Å². The van der Waals surface area contributed by atoms with E-state index in [1.807, 2.05) is 42.6 Å². The number of halogens is 2. The minimum Gasteiger partial charge on any atom is -0.480 e. The molecule has 3 aromatic rings. The first kappa shape index (κ1) is 52.9. The molecule has 348 valence electrons. The highest BCUT2D eigenvalue weighted by Gasteiger charge is 2.36. The number of carboxylic acid groups (broad SMARTS) is 1. The quantitative estimate of drug-likeness (QED) is 0.0350. The molecular weight excluding hydrogens is 863 g/mol. The molecule has 0 aliphatic rings. The van der Waals surface area contributed by atoms with Gasteiger partial charge in [-0.05, 0) is 66.2 Å². The zero-order valence-electron chi connectivity index (χ0n) is 38.2. The highest BCUT2D eigenvalue weighted by Crippen LogP contribution is 2.44. The van der Waals surface area contributed by atoms with Crippen LogP contribution in [0.25, 0.3) is 11.1 Å². The van der Waals surface area contributed by atoms with Crippen LogP contribution < -0.4 is 16.0 Å². The van der Waals surface area contributed by atoms with Gasteiger partial charge in [-0.15, -0.1) is 0 Å². The molecule has 0 bridgehead atoms. The lowest BCUT2D eigenvalue weighted by Crippen LogP contribution is -2.41. The summed E-state index contributed by atoms with van der Waals surface area (Å²) in [5.41, 5.74) is 2.82. The van der Waals surface area contributed by atoms with Crippen molar-refractivity contribution in [3.8, 4) is 11.1 Å². The van der Waals surface area contributed by atoms with E-state index in [1.165, 1.54) is 17.8 Å². The third kappa shape index (κ3) is 20.3. The summed E-state index contributed by atoms with van der Waals surface area (Å²) in [5, 5.41) is 17.4. The fourth-order valence-corrected chi connectivity index (χ4v) is 11.1. The molecule has 2 aromatic carbocycles. The van der Waals surface area contributed by atoms with Gasteiger partial charge in [0.2, 0.25) is 11.8 Å². The van der Waals surface area contributed by atoms with Crippen molar-refractivity contribution in [1.82, 2.24) is 20.5 Å². The summed E-state index contributed by atoms with van der Waals surface area (Å²) in [4.78, 5) is 60.8. The van der Waals surface area contributed by atoms with Crippen molar-refractivity contribution in [2.75, 3.05) is 37.8 Å². The molecule has 3 amide bonds. The fourth-order valence-electron chi connectivity index (χ4n) is 6.80. The zero-order chi connectivity index (χ0) is 46.8. The second-order valence-electron chi connectivity index (χ2n) is 19.0. The molecular formula is C46H68F2N4O8SSi2. The SMILES string of the molecule is CC(C)(C)C(C[Si](C)(C)CCOC(=O)NCCCNC(=O)CSCCC(=O)NC(CCC(=O)OCC[Si](C)(C)C)C(=O)O)c1cc(-c2cc(F)ccc2F)cn1Cc1ccccc1. The monoisotopic (exact) mass is 930 g/mol. The van der Waals surface area contributed by atoms with E-state index in [0.717, 1.165) is 41.5 Å². The molecule has 2 unspecified atom stereocenters. The molecule has 0 radical (unpaired) electrons. The molecule has 0 saturated carbocycles. The van der Waals surface area contributed by atoms with E-state index in [2.05, 4.69) is 74.0 Å². The number of carbonyl (C=O) groups excluding carboxylic acids is 4. The zero-order valence-corrected chi connectivity index (χ0v) is 41.1. The number of hydrogen-bond donors (Lipinski definition) is 4. The van der Waals surface area contributed by atoms with Crippen molar-refractivity contribution >= 4 is 57.8 Å². The maximum absolute atomic E-state index is 15.0. The summed E-state index contributed by atoms with van der Waals surface area (Å²) < 4.78 is 42.2. The highest BCUT2D eigenvalue weighted by atomic mass is 32.2. The van der Waals surface area contributed by atoms with Crippen LogP contribution in [0.4, 0.5) is 13.6 Å². The second-order valence-corrected chi connectivity index (χ2v) is 31.0. The third-order valence-electron chi connectivity index (χ3n) is 10.6. The largest absolute Gasteiger partial charge is 0.480 e. The number of aliphatic carboxylic acids is 1. The first-order chi connectivity index (χ1) is 29.5. The lowest BCUT2D eigenvalue weighted by molar-refractivity contribution is -0.145. The lowest BCUT2D eigenvalue weighted by Gasteiger charge is -2.37. The number of nitrogens with one attached hydrogen (secondary N) is 3. The van der Waals surface area contributed by atoms with Crippen LogP contribution >= 0.6 is 11.8 Å². The first-order valence-electron chi connectivity index (χ1n) is 21.7. The molecule has 1 aromatic heterocycles. The Balaban J connectivity index is 1.38. The Labute approximate surface area is 378 Å². The number of benzene rings is 2. The van der Waals surface area contributed by atoms with Crippen molar-refractivity contribution < 1.29 is 47.3 Å². The Hall–Kier alpha value is -4.49. The number of carbonyl (C=O) groups is 5. The molecule has 12 nitrogen and oxygen atoms in total. The standard InChI is InChI=1S/C46H68F2N4O8SSi2/c1-46(2,3)37(40-27-34(36-28-35(47)15-16-38(36)48)30-52(40)29-33-13-10-9-11-14-33)32-63(7,8)26-23-60-45(58)50-21-12-20-49-42(54)31-61-24-19-41(53)51-39(44(56)57)17-18-43(55)59-22-25-62(4,5)6/h9-11,13-16,27-28,30,37,39H,12,17-26,29,31-32H2,1-8H3,(H,49,54)(H,50,58)(H,51,53)(H,56,57). The van der Waals surface area contributed by atoms with Crippen LogP contribution in [-0.2, 0) is 35.2 Å². The Morgan fingerprint density at radius 1 is 0.857 bits per heavy atom. The number of alkyl carbamates (subject to hydrolysis) is 1. The predicted molar refractivity (Wildman–Crippen MR) is 251 cm³/mol. The van der Waals surface area contributed by atoms with Crippen molar-refractivity contribution in [2.24, 2.45) is 5.41 Å². The van der Waals surface area contributed by atoms with Crippen molar-refractivity contribution in [1.29, 1.82) is 0 Å². The van der Waals surface area contributed by atoms with E-state index in [-0.39, 0.29) is 54.4 Å². The smallest absolute Gasteiger partial charge is 0.407 e. The number of hydrogen-bond acceptors (Lipinski definition) is 8. The Kier molecular flexibility index (Phi) is 21.1. The topological polar surface area (TPSA) is 165 Å². The number of aromatic nitrogens is 1. The summed E-state index contributed by atoms with van der Waals surface area (Å²) in [7, 11) is -3.36. The van der Waals surface area contributed by atoms with E-state index in [9.17, 15) is 33.5 Å². The van der Waals surface area contributed by atoms with Crippen molar-refractivity contribution in [2.45, 2.75) is 116 Å². The number of esters is 1. The second kappa shape index (κ2) is 25.1. The maximum Gasteiger partial charge on any atom is 0.407 e. The third-order valence-corrected chi connectivity index (χ3v) is 16.3. The van der Waals surface area contributed by atoms with Crippen LogP contribution in [-0.4, -0.2) is 99.5 Å². The van der Waals surface area contributed by atoms with E-state index in [1.54, 1.807) is 0 Å². The van der Waals surface area contributed by atoms with Crippen LogP contribution in [0.5, 0.6) is 0 Å². The van der Waals surface area contributed by atoms with Crippen LogP contribution in [0.2, 0.25) is 50.9 Å². The van der Waals surface area contributed by atoms with Crippen LogP contribution in [0.3, 0.4) is 0 Å². The molecule has 0 spiro atoms. The fraction of sp³-hybridized carbons (Fsp3) is 0.543. The maximum atomic E-state index is 15.0. The van der Waals surface area contributed by atoms with Crippen LogP contribution in [0.1, 0.15) is 63.6 Å². The first-order valence-corrected chi connectivity index (χ1v) is 29.9. The van der Waals surface area contributed by atoms with E-state index in [0.29, 0.717) is 44.0 Å². The average molecular weight is 931 g/mol. The van der Waals surface area contributed by atoms with E-state index < -0.39 is 57.8 Å². The number of amides is 3. The summed E-state index contributed by atoms with van der Waals surface area (Å²) >= 11 is 1.23. The molecule has 1 heterocycles. The number of thioether (sulfide) groups is 1. The molecule has 3 rings (SSSR count). The van der Waals surface area contributed by atoms with Gasteiger partial charge in [0.15, 0.2) is 0 Å². The molecule has 0 saturated heterocycles. The van der Waals surface area contributed by atoms with Gasteiger partial charge in [0.05, 0.1) is 27.0 Å². The van der Waals surface area contributed by atoms with Gasteiger partial charge in [-0.25, -0.2) is 18.4 Å². The normalized spacial score (nSPS) is 12.9. The summed E-state index contributed by atoms with van der Waals surface area (Å²) in [5.74, 6) is -2.94. The van der Waals surface area contributed by atoms with Crippen molar-refractivity contribution in [3.63, 3.8) is 0 Å². The predicted octanol–water partition coefficient (Wildman–Crippen LogP) is 8.91. The number of carboxylic acids is 1. The van der Waals surface area contributed by atoms with Gasteiger partial charge in [0, 0.05) is 75.2 Å². The average Bonchev–Trinajstić information content (AvgIpc) is 3.59. The highest BCUT2D eigenvalue weighted by molar-refractivity contribution is 7.99. The minimum atomic E-state index is -2.00. The Morgan fingerprint density at radius 3 is 2.21 bits per heavy atom. The molecule has 63 heavy (non-hydrogen) atoms. The van der Waals surface area contributed by atoms with Gasteiger partial charge >= 0.3 is 18.0 Å². The molecule has 0 aliphatic heterocycles. The van der Waals surface area contributed by atoms with Gasteiger partial charge in [0.1, 0.15) is 17.7 Å². The molecule has 4 N–H and O–H groups in total. The molecule has 0 aliphatic carbocycles. The number of nitrogens with zero attached hydrogens (tertiary/aromatic N) is 1. The Morgan fingerprint density at radius 2 is 1.54 bits per heavy atom. The molecule has 2 atom stereocenters. The molecule has 0 fully saturated rings. The van der Waals surface area contributed by atoms with Crippen molar-refractivity contribution in [3.05, 3.63) is 83.7 Å². The summed E-state index contributed by atoms with van der Waals surface area (Å²) in [6, 6.07) is 16.7. The summed E-state index contributed by atoms with van der Waals surface area (Å²) in [6.45, 7) is 19.4. The van der Waals surface area contributed by atoms with Gasteiger partial charge in [0.25, 0.3) is 0 Å². The van der Waals surface area contributed by atoms with Crippen LogP contribution in [0.15, 0.2) is 60.8 Å². The molecule has 17 heteroatoms. The van der Waals surface area contributed by atoms with Gasteiger partial charge in [-0.2, -0.15) is 11.8 Å². The van der Waals surface area contributed by atoms with Gasteiger partial charge in [-0.3, -0.25) is 14.4 Å². The van der Waals surface area contributed by atoms with E-state index >= 15 is 4.39 Å². The van der Waals surface area contributed by atoms with Gasteiger partial charge < -0.3 is 35.1 Å². The number of ether oxygens (including phenoxy) is 2. The lowest BCUT2D eigenvalue weighted by atomic mass is 9.79. The summed E-state index contributed by atoms with van der Waals surface area (Å²) in [6.07, 6.45) is 1.68. The minimum absolute atomic E-state index is 0.00927. The Bertz CT molecular complexity index is 1970. The number of rotatable bonds is 26. The van der Waals surface area contributed by atoms with Gasteiger partial charge in [-0.1, -0.05) is 83.8 Å².